The first kappa shape index (κ1) is 14.8. The maximum atomic E-state index is 11.0. The Morgan fingerprint density at radius 2 is 2.00 bits per heavy atom. The number of hydrogen-bond donors (Lipinski definition) is 1. The summed E-state index contributed by atoms with van der Waals surface area (Å²) < 4.78 is 6.62. The average Bonchev–Trinajstić information content (AvgIpc) is 2.37. The van der Waals surface area contributed by atoms with Crippen LogP contribution in [0.4, 0.5) is 0 Å². The molecule has 4 nitrogen and oxygen atoms in total. The Kier molecular flexibility index (Phi) is 4.30. The molecule has 0 fully saturated rings. The predicted molar refractivity (Wildman–Crippen MR) is 81.5 cm³/mol. The third-order valence-electron chi connectivity index (χ3n) is 2.75. The quantitative estimate of drug-likeness (QED) is 0.905. The van der Waals surface area contributed by atoms with E-state index in [0.29, 0.717) is 5.75 Å². The van der Waals surface area contributed by atoms with Gasteiger partial charge in [0.1, 0.15) is 10.8 Å². The standard InChI is InChI=1S/C14H12BrClN2O2/c1-7-3-8(2)12(5-10(7)15)20-14-11(16)4-9(6-18-14)13(17)19/h3-6H,1-2H3,(H2,17,19). The molecule has 2 aromatic rings. The molecule has 2 rings (SSSR count). The van der Waals surface area contributed by atoms with Crippen LogP contribution in [0.5, 0.6) is 11.6 Å². The van der Waals surface area contributed by atoms with Crippen LogP contribution in [0.3, 0.4) is 0 Å². The van der Waals surface area contributed by atoms with Crippen LogP contribution in [0.15, 0.2) is 28.9 Å². The fraction of sp³-hybridized carbons (Fsp3) is 0.143. The van der Waals surface area contributed by atoms with Crippen molar-refractivity contribution in [3.05, 3.63) is 50.6 Å². The van der Waals surface area contributed by atoms with Crippen LogP contribution in [-0.2, 0) is 0 Å². The smallest absolute Gasteiger partial charge is 0.250 e. The fourth-order valence-corrected chi connectivity index (χ4v) is 2.18. The molecule has 0 bridgehead atoms. The number of ether oxygens (including phenoxy) is 1. The zero-order valence-electron chi connectivity index (χ0n) is 10.9. The van der Waals surface area contributed by atoms with E-state index in [1.807, 2.05) is 26.0 Å². The maximum absolute atomic E-state index is 11.0. The molecule has 0 aliphatic rings. The molecule has 1 aromatic heterocycles. The van der Waals surface area contributed by atoms with E-state index in [4.69, 9.17) is 22.1 Å². The van der Waals surface area contributed by atoms with Crippen molar-refractivity contribution in [3.63, 3.8) is 0 Å². The number of amides is 1. The minimum Gasteiger partial charge on any atom is -0.437 e. The largest absolute Gasteiger partial charge is 0.437 e. The van der Waals surface area contributed by atoms with Gasteiger partial charge in [-0.05, 0) is 37.1 Å². The molecule has 0 saturated heterocycles. The Balaban J connectivity index is 2.35. The lowest BCUT2D eigenvalue weighted by atomic mass is 10.1. The molecule has 104 valence electrons. The second kappa shape index (κ2) is 5.81. The van der Waals surface area contributed by atoms with Gasteiger partial charge in [0, 0.05) is 10.7 Å². The lowest BCUT2D eigenvalue weighted by molar-refractivity contribution is 0.1000. The molecular formula is C14H12BrClN2O2. The molecule has 1 heterocycles. The van der Waals surface area contributed by atoms with Crippen LogP contribution in [0.25, 0.3) is 0 Å². The van der Waals surface area contributed by atoms with E-state index in [-0.39, 0.29) is 16.5 Å². The van der Waals surface area contributed by atoms with Gasteiger partial charge in [-0.25, -0.2) is 4.98 Å². The summed E-state index contributed by atoms with van der Waals surface area (Å²) in [6.07, 6.45) is 1.34. The molecule has 0 aliphatic heterocycles. The first-order valence-corrected chi connectivity index (χ1v) is 6.95. The molecule has 6 heteroatoms. The van der Waals surface area contributed by atoms with Crippen molar-refractivity contribution >= 4 is 33.4 Å². The van der Waals surface area contributed by atoms with Gasteiger partial charge >= 0.3 is 0 Å². The van der Waals surface area contributed by atoms with Gasteiger partial charge in [0.2, 0.25) is 11.8 Å². The molecule has 1 aromatic carbocycles. The number of benzene rings is 1. The maximum Gasteiger partial charge on any atom is 0.250 e. The number of aromatic nitrogens is 1. The third kappa shape index (κ3) is 3.11. The Labute approximate surface area is 130 Å². The topological polar surface area (TPSA) is 65.2 Å². The number of pyridine rings is 1. The Hall–Kier alpha value is -1.59. The van der Waals surface area contributed by atoms with Crippen LogP contribution in [-0.4, -0.2) is 10.9 Å². The highest BCUT2D eigenvalue weighted by Crippen LogP contribution is 2.32. The fourth-order valence-electron chi connectivity index (χ4n) is 1.66. The lowest BCUT2D eigenvalue weighted by Gasteiger charge is -2.11. The molecule has 1 amide bonds. The summed E-state index contributed by atoms with van der Waals surface area (Å²) in [6.45, 7) is 3.92. The minimum atomic E-state index is -0.583. The normalized spacial score (nSPS) is 10.4. The van der Waals surface area contributed by atoms with Gasteiger partial charge in [0.15, 0.2) is 0 Å². The van der Waals surface area contributed by atoms with Crippen molar-refractivity contribution in [3.8, 4) is 11.6 Å². The highest BCUT2D eigenvalue weighted by molar-refractivity contribution is 9.10. The zero-order valence-corrected chi connectivity index (χ0v) is 13.2. The Morgan fingerprint density at radius 3 is 2.60 bits per heavy atom. The summed E-state index contributed by atoms with van der Waals surface area (Å²) in [5.41, 5.74) is 7.47. The van der Waals surface area contributed by atoms with Crippen molar-refractivity contribution in [2.24, 2.45) is 5.73 Å². The molecule has 0 atom stereocenters. The van der Waals surface area contributed by atoms with Crippen LogP contribution < -0.4 is 10.5 Å². The van der Waals surface area contributed by atoms with Crippen LogP contribution >= 0.6 is 27.5 Å². The zero-order chi connectivity index (χ0) is 14.9. The van der Waals surface area contributed by atoms with Crippen molar-refractivity contribution in [1.82, 2.24) is 4.98 Å². The average molecular weight is 356 g/mol. The summed E-state index contributed by atoms with van der Waals surface area (Å²) in [7, 11) is 0. The molecule has 0 aliphatic carbocycles. The molecule has 20 heavy (non-hydrogen) atoms. The lowest BCUT2D eigenvalue weighted by Crippen LogP contribution is -2.11. The first-order valence-electron chi connectivity index (χ1n) is 5.78. The van der Waals surface area contributed by atoms with Gasteiger partial charge in [-0.2, -0.15) is 0 Å². The van der Waals surface area contributed by atoms with E-state index in [2.05, 4.69) is 20.9 Å². The van der Waals surface area contributed by atoms with Gasteiger partial charge in [-0.1, -0.05) is 33.6 Å². The van der Waals surface area contributed by atoms with E-state index >= 15 is 0 Å². The number of primary amides is 1. The van der Waals surface area contributed by atoms with Gasteiger partial charge in [-0.15, -0.1) is 0 Å². The molecule has 2 N–H and O–H groups in total. The van der Waals surface area contributed by atoms with Crippen LogP contribution in [0.2, 0.25) is 5.02 Å². The predicted octanol–water partition coefficient (Wildman–Crippen LogP) is 4.01. The minimum absolute atomic E-state index is 0.232. The van der Waals surface area contributed by atoms with E-state index < -0.39 is 5.91 Å². The highest BCUT2D eigenvalue weighted by Gasteiger charge is 2.11. The van der Waals surface area contributed by atoms with Gasteiger partial charge in [0.05, 0.1) is 5.56 Å². The summed E-state index contributed by atoms with van der Waals surface area (Å²) in [5, 5.41) is 0.234. The number of carbonyl (C=O) groups is 1. The SMILES string of the molecule is Cc1cc(C)c(Oc2ncc(C(N)=O)cc2Cl)cc1Br. The number of rotatable bonds is 3. The number of nitrogens with zero attached hydrogens (tertiary/aromatic N) is 1. The highest BCUT2D eigenvalue weighted by atomic mass is 79.9. The van der Waals surface area contributed by atoms with E-state index in [9.17, 15) is 4.79 Å². The van der Waals surface area contributed by atoms with Gasteiger partial charge < -0.3 is 10.5 Å². The summed E-state index contributed by atoms with van der Waals surface area (Å²) in [5.74, 6) is 0.291. The number of halogens is 2. The molecule has 0 saturated carbocycles. The Bertz CT molecular complexity index is 689. The number of carbonyl (C=O) groups excluding carboxylic acids is 1. The van der Waals surface area contributed by atoms with Gasteiger partial charge in [-0.3, -0.25) is 4.79 Å². The Morgan fingerprint density at radius 1 is 1.30 bits per heavy atom. The first-order chi connectivity index (χ1) is 9.38. The molecular weight excluding hydrogens is 344 g/mol. The van der Waals surface area contributed by atoms with Crippen LogP contribution in [0.1, 0.15) is 21.5 Å². The van der Waals surface area contributed by atoms with Crippen molar-refractivity contribution in [1.29, 1.82) is 0 Å². The van der Waals surface area contributed by atoms with E-state index in [1.54, 1.807) is 0 Å². The van der Waals surface area contributed by atoms with Crippen molar-refractivity contribution in [2.45, 2.75) is 13.8 Å². The number of hydrogen-bond acceptors (Lipinski definition) is 3. The summed E-state index contributed by atoms with van der Waals surface area (Å²) >= 11 is 9.49. The number of aryl methyl sites for hydroxylation is 2. The molecule has 0 spiro atoms. The monoisotopic (exact) mass is 354 g/mol. The van der Waals surface area contributed by atoms with Crippen LogP contribution in [0, 0.1) is 13.8 Å². The third-order valence-corrected chi connectivity index (χ3v) is 3.88. The summed E-state index contributed by atoms with van der Waals surface area (Å²) in [4.78, 5) is 15.1. The van der Waals surface area contributed by atoms with Crippen molar-refractivity contribution < 1.29 is 9.53 Å². The number of nitrogens with two attached hydrogens (primary N) is 1. The second-order valence-electron chi connectivity index (χ2n) is 4.34. The van der Waals surface area contributed by atoms with Gasteiger partial charge in [0.25, 0.3) is 0 Å². The van der Waals surface area contributed by atoms with E-state index in [1.165, 1.54) is 12.3 Å². The second-order valence-corrected chi connectivity index (χ2v) is 5.61. The van der Waals surface area contributed by atoms with E-state index in [0.717, 1.165) is 15.6 Å². The van der Waals surface area contributed by atoms with Crippen molar-refractivity contribution in [2.75, 3.05) is 0 Å². The molecule has 0 unspecified atom stereocenters. The molecule has 0 radical (unpaired) electrons. The summed E-state index contributed by atoms with van der Waals surface area (Å²) in [6, 6.07) is 5.28.